The Morgan fingerprint density at radius 3 is 2.55 bits per heavy atom. The van der Waals surface area contributed by atoms with Gasteiger partial charge in [0.2, 0.25) is 11.2 Å². The summed E-state index contributed by atoms with van der Waals surface area (Å²) < 4.78 is 11.0. The maximum atomic E-state index is 12.4. The number of hydrogen-bond donors (Lipinski definition) is 1. The third-order valence-electron chi connectivity index (χ3n) is 3.81. The maximum absolute atomic E-state index is 12.4. The van der Waals surface area contributed by atoms with E-state index < -0.39 is 5.43 Å². The lowest BCUT2D eigenvalue weighted by atomic mass is 10.0. The van der Waals surface area contributed by atoms with Gasteiger partial charge in [-0.25, -0.2) is 0 Å². The molecular weight excluding hydrogens is 280 g/mol. The summed E-state index contributed by atoms with van der Waals surface area (Å²) in [4.78, 5) is 12.4. The molecular formula is C18H16O4. The van der Waals surface area contributed by atoms with E-state index in [1.54, 1.807) is 37.4 Å². The predicted octanol–water partition coefficient (Wildman–Crippen LogP) is 3.79. The molecule has 0 unspecified atom stereocenters. The Labute approximate surface area is 127 Å². The van der Waals surface area contributed by atoms with Crippen molar-refractivity contribution in [2.75, 3.05) is 7.11 Å². The molecule has 4 heteroatoms. The average molecular weight is 296 g/mol. The summed E-state index contributed by atoms with van der Waals surface area (Å²) in [5.41, 5.74) is 2.63. The van der Waals surface area contributed by atoms with E-state index in [-0.39, 0.29) is 11.5 Å². The number of aryl methyl sites for hydroxylation is 2. The molecule has 0 saturated carbocycles. The van der Waals surface area contributed by atoms with Gasteiger partial charge >= 0.3 is 0 Å². The zero-order chi connectivity index (χ0) is 15.9. The lowest BCUT2D eigenvalue weighted by Gasteiger charge is -2.09. The van der Waals surface area contributed by atoms with E-state index in [4.69, 9.17) is 9.15 Å². The average Bonchev–Trinajstić information content (AvgIpc) is 2.53. The fourth-order valence-corrected chi connectivity index (χ4v) is 2.40. The van der Waals surface area contributed by atoms with E-state index in [0.717, 1.165) is 11.1 Å². The van der Waals surface area contributed by atoms with Crippen molar-refractivity contribution in [3.8, 4) is 22.8 Å². The van der Waals surface area contributed by atoms with Crippen LogP contribution < -0.4 is 10.2 Å². The first-order valence-corrected chi connectivity index (χ1v) is 6.92. The van der Waals surface area contributed by atoms with Gasteiger partial charge < -0.3 is 14.3 Å². The van der Waals surface area contributed by atoms with Crippen molar-refractivity contribution in [2.24, 2.45) is 0 Å². The van der Waals surface area contributed by atoms with Gasteiger partial charge in [0.1, 0.15) is 11.3 Å². The van der Waals surface area contributed by atoms with Crippen molar-refractivity contribution in [3.63, 3.8) is 0 Å². The van der Waals surface area contributed by atoms with Crippen LogP contribution in [0, 0.1) is 13.8 Å². The van der Waals surface area contributed by atoms with Crippen LogP contribution in [0.2, 0.25) is 0 Å². The van der Waals surface area contributed by atoms with E-state index in [9.17, 15) is 9.90 Å². The molecule has 0 amide bonds. The van der Waals surface area contributed by atoms with Gasteiger partial charge in [-0.3, -0.25) is 4.79 Å². The Kier molecular flexibility index (Phi) is 3.37. The van der Waals surface area contributed by atoms with Crippen LogP contribution in [0.3, 0.4) is 0 Å². The minimum absolute atomic E-state index is 0.152. The number of benzene rings is 2. The van der Waals surface area contributed by atoms with E-state index in [1.807, 2.05) is 19.9 Å². The van der Waals surface area contributed by atoms with Crippen LogP contribution >= 0.6 is 0 Å². The largest absolute Gasteiger partial charge is 0.502 e. The van der Waals surface area contributed by atoms with Gasteiger partial charge in [0.15, 0.2) is 5.76 Å². The smallest absolute Gasteiger partial charge is 0.235 e. The van der Waals surface area contributed by atoms with Crippen molar-refractivity contribution in [1.29, 1.82) is 0 Å². The number of aromatic hydroxyl groups is 1. The first-order chi connectivity index (χ1) is 10.5. The highest BCUT2D eigenvalue weighted by Gasteiger charge is 2.16. The number of ether oxygens (including phenoxy) is 1. The summed E-state index contributed by atoms with van der Waals surface area (Å²) in [6.45, 7) is 3.87. The molecule has 0 bridgehead atoms. The summed E-state index contributed by atoms with van der Waals surface area (Å²) >= 11 is 0. The Hall–Kier alpha value is -2.75. The quantitative estimate of drug-likeness (QED) is 0.781. The molecule has 0 aliphatic carbocycles. The van der Waals surface area contributed by atoms with Gasteiger partial charge in [-0.2, -0.15) is 0 Å². The van der Waals surface area contributed by atoms with Crippen molar-refractivity contribution < 1.29 is 14.3 Å². The van der Waals surface area contributed by atoms with Crippen molar-refractivity contribution in [2.45, 2.75) is 13.8 Å². The first-order valence-electron chi connectivity index (χ1n) is 6.92. The molecule has 4 nitrogen and oxygen atoms in total. The molecule has 0 atom stereocenters. The van der Waals surface area contributed by atoms with Crippen molar-refractivity contribution in [3.05, 3.63) is 57.7 Å². The van der Waals surface area contributed by atoms with Gasteiger partial charge in [0.25, 0.3) is 0 Å². The van der Waals surface area contributed by atoms with Gasteiger partial charge in [0, 0.05) is 5.56 Å². The Morgan fingerprint density at radius 2 is 1.82 bits per heavy atom. The van der Waals surface area contributed by atoms with E-state index in [0.29, 0.717) is 22.3 Å². The number of methoxy groups -OCH3 is 1. The zero-order valence-corrected chi connectivity index (χ0v) is 12.6. The highest BCUT2D eigenvalue weighted by atomic mass is 16.5. The molecule has 2 aromatic carbocycles. The summed E-state index contributed by atoms with van der Waals surface area (Å²) in [5, 5.41) is 10.6. The Bertz CT molecular complexity index is 922. The summed E-state index contributed by atoms with van der Waals surface area (Å²) in [6.07, 6.45) is 0. The van der Waals surface area contributed by atoms with Crippen LogP contribution in [-0.4, -0.2) is 12.2 Å². The summed E-state index contributed by atoms with van der Waals surface area (Å²) in [6, 6.07) is 10.6. The third-order valence-corrected chi connectivity index (χ3v) is 3.81. The van der Waals surface area contributed by atoms with Crippen molar-refractivity contribution >= 4 is 11.0 Å². The topological polar surface area (TPSA) is 59.7 Å². The van der Waals surface area contributed by atoms with Gasteiger partial charge in [0.05, 0.1) is 12.5 Å². The molecule has 1 heterocycles. The second-order valence-electron chi connectivity index (χ2n) is 5.27. The normalized spacial score (nSPS) is 10.9. The molecule has 3 aromatic rings. The Balaban J connectivity index is 2.33. The molecule has 0 spiro atoms. The monoisotopic (exact) mass is 296 g/mol. The number of hydrogen-bond acceptors (Lipinski definition) is 4. The fourth-order valence-electron chi connectivity index (χ4n) is 2.40. The van der Waals surface area contributed by atoms with E-state index >= 15 is 0 Å². The molecule has 0 fully saturated rings. The van der Waals surface area contributed by atoms with Crippen LogP contribution in [-0.2, 0) is 0 Å². The van der Waals surface area contributed by atoms with Crippen LogP contribution in [0.5, 0.6) is 11.5 Å². The van der Waals surface area contributed by atoms with Gasteiger partial charge in [-0.15, -0.1) is 0 Å². The molecule has 0 aliphatic rings. The molecule has 3 rings (SSSR count). The van der Waals surface area contributed by atoms with Gasteiger partial charge in [-0.1, -0.05) is 12.1 Å². The molecule has 1 N–H and O–H groups in total. The lowest BCUT2D eigenvalue weighted by molar-refractivity contribution is 0.414. The molecule has 112 valence electrons. The van der Waals surface area contributed by atoms with Crippen molar-refractivity contribution in [1.82, 2.24) is 0 Å². The summed E-state index contributed by atoms with van der Waals surface area (Å²) in [7, 11) is 1.56. The highest BCUT2D eigenvalue weighted by molar-refractivity contribution is 5.83. The molecule has 0 aliphatic heterocycles. The molecule has 22 heavy (non-hydrogen) atoms. The molecule has 0 radical (unpaired) electrons. The van der Waals surface area contributed by atoms with Crippen LogP contribution in [0.15, 0.2) is 45.6 Å². The van der Waals surface area contributed by atoms with Crippen LogP contribution in [0.25, 0.3) is 22.3 Å². The minimum Gasteiger partial charge on any atom is -0.502 e. The van der Waals surface area contributed by atoms with E-state index in [2.05, 4.69) is 0 Å². The Morgan fingerprint density at radius 1 is 1.09 bits per heavy atom. The third kappa shape index (κ3) is 2.22. The molecule has 0 saturated heterocycles. The fraction of sp³-hybridized carbons (Fsp3) is 0.167. The zero-order valence-electron chi connectivity index (χ0n) is 12.6. The second kappa shape index (κ2) is 5.22. The molecule has 1 aromatic heterocycles. The second-order valence-corrected chi connectivity index (χ2v) is 5.27. The maximum Gasteiger partial charge on any atom is 0.235 e. The number of rotatable bonds is 2. The minimum atomic E-state index is -0.429. The standard InChI is InChI=1S/C18H16O4/c1-10-7-14-15(8-11(10)2)22-18(17(20)16(14)19)12-5-4-6-13(9-12)21-3/h4-9,20H,1-3H3. The van der Waals surface area contributed by atoms with Crippen LogP contribution in [0.4, 0.5) is 0 Å². The SMILES string of the molecule is COc1cccc(-c2oc3cc(C)c(C)cc3c(=O)c2O)c1. The van der Waals surface area contributed by atoms with E-state index in [1.165, 1.54) is 0 Å². The lowest BCUT2D eigenvalue weighted by Crippen LogP contribution is -2.03. The summed E-state index contributed by atoms with van der Waals surface area (Å²) in [5.74, 6) is 0.392. The number of fused-ring (bicyclic) bond motifs is 1. The van der Waals surface area contributed by atoms with Gasteiger partial charge in [-0.05, 0) is 49.2 Å². The highest BCUT2D eigenvalue weighted by Crippen LogP contribution is 2.32. The van der Waals surface area contributed by atoms with Crippen LogP contribution in [0.1, 0.15) is 11.1 Å². The predicted molar refractivity (Wildman–Crippen MR) is 85.6 cm³/mol. The first kappa shape index (κ1) is 14.2.